The Morgan fingerprint density at radius 1 is 1.30 bits per heavy atom. The fraction of sp³-hybridized carbons (Fsp3) is 0.611. The van der Waals surface area contributed by atoms with E-state index in [0.29, 0.717) is 24.9 Å². The van der Waals surface area contributed by atoms with Crippen molar-refractivity contribution in [2.75, 3.05) is 6.54 Å². The summed E-state index contributed by atoms with van der Waals surface area (Å²) in [5, 5.41) is 9.69. The Hall–Kier alpha value is -1.49. The van der Waals surface area contributed by atoms with Gasteiger partial charge in [0.2, 0.25) is 5.91 Å². The topological polar surface area (TPSA) is 40.5 Å². The average Bonchev–Trinajstić information content (AvgIpc) is 2.93. The predicted octanol–water partition coefficient (Wildman–Crippen LogP) is 3.57. The Kier molecular flexibility index (Phi) is 4.41. The minimum Gasteiger partial charge on any atom is -0.393 e. The van der Waals surface area contributed by atoms with Gasteiger partial charge >= 0.3 is 0 Å². The molecule has 1 unspecified atom stereocenters. The molecule has 0 bridgehead atoms. The Labute approximate surface area is 135 Å². The smallest absolute Gasteiger partial charge is 0.229 e. The first kappa shape index (κ1) is 16.4. The van der Waals surface area contributed by atoms with E-state index in [-0.39, 0.29) is 11.9 Å². The van der Waals surface area contributed by atoms with Crippen molar-refractivity contribution in [2.24, 2.45) is 5.41 Å². The molecule has 1 N–H and O–H groups in total. The molecular formula is C18H23F2NO2. The summed E-state index contributed by atoms with van der Waals surface area (Å²) in [6, 6.07) is 3.23. The number of halogens is 2. The minimum absolute atomic E-state index is 0.0387. The van der Waals surface area contributed by atoms with Crippen molar-refractivity contribution in [1.29, 1.82) is 0 Å². The van der Waals surface area contributed by atoms with Crippen LogP contribution >= 0.6 is 0 Å². The summed E-state index contributed by atoms with van der Waals surface area (Å²) in [4.78, 5) is 14.8. The number of amides is 1. The van der Waals surface area contributed by atoms with Gasteiger partial charge in [-0.15, -0.1) is 0 Å². The van der Waals surface area contributed by atoms with Gasteiger partial charge in [0.25, 0.3) is 0 Å². The van der Waals surface area contributed by atoms with E-state index in [4.69, 9.17) is 0 Å². The van der Waals surface area contributed by atoms with Crippen LogP contribution in [0.1, 0.15) is 57.1 Å². The Morgan fingerprint density at radius 2 is 1.96 bits per heavy atom. The van der Waals surface area contributed by atoms with Gasteiger partial charge in [-0.2, -0.15) is 0 Å². The molecule has 1 aromatic rings. The molecule has 1 saturated carbocycles. The largest absolute Gasteiger partial charge is 0.393 e. The van der Waals surface area contributed by atoms with Crippen molar-refractivity contribution in [3.8, 4) is 0 Å². The highest BCUT2D eigenvalue weighted by Crippen LogP contribution is 2.49. The van der Waals surface area contributed by atoms with E-state index in [1.807, 2.05) is 6.92 Å². The molecule has 0 aromatic heterocycles. The molecule has 2 aliphatic rings. The van der Waals surface area contributed by atoms with E-state index in [1.165, 1.54) is 12.1 Å². The molecule has 3 rings (SSSR count). The highest BCUT2D eigenvalue weighted by molar-refractivity contribution is 5.84. The Morgan fingerprint density at radius 3 is 2.52 bits per heavy atom. The maximum atomic E-state index is 13.5. The molecule has 126 valence electrons. The number of nitrogens with zero attached hydrogens (tertiary/aromatic N) is 1. The predicted molar refractivity (Wildman–Crippen MR) is 82.6 cm³/mol. The van der Waals surface area contributed by atoms with Gasteiger partial charge < -0.3 is 10.0 Å². The van der Waals surface area contributed by atoms with Crippen LogP contribution in [0.15, 0.2) is 18.2 Å². The van der Waals surface area contributed by atoms with Crippen LogP contribution in [-0.2, 0) is 4.79 Å². The zero-order valence-corrected chi connectivity index (χ0v) is 13.4. The third kappa shape index (κ3) is 2.99. The Balaban J connectivity index is 1.85. The number of benzene rings is 1. The highest BCUT2D eigenvalue weighted by Gasteiger charge is 2.52. The number of carbonyl (C=O) groups excluding carboxylic acids is 1. The number of hydrogen-bond acceptors (Lipinski definition) is 2. The molecule has 0 spiro atoms. The molecule has 5 heteroatoms. The molecule has 1 saturated heterocycles. The standard InChI is InChI=1S/C18H23F2NO2/c1-2-5-18(10-15(22)11-18)17(23)21-6-3-4-16(21)12-7-13(19)9-14(20)8-12/h7-9,15-16,22H,2-6,10-11H2,1H3. The van der Waals surface area contributed by atoms with Crippen molar-refractivity contribution in [3.63, 3.8) is 0 Å². The van der Waals surface area contributed by atoms with Crippen molar-refractivity contribution in [1.82, 2.24) is 4.90 Å². The van der Waals surface area contributed by atoms with Crippen LogP contribution in [0.4, 0.5) is 8.78 Å². The highest BCUT2D eigenvalue weighted by atomic mass is 19.1. The maximum Gasteiger partial charge on any atom is 0.229 e. The molecule has 1 amide bonds. The molecule has 1 aliphatic heterocycles. The number of hydrogen-bond donors (Lipinski definition) is 1. The van der Waals surface area contributed by atoms with Gasteiger partial charge in [0, 0.05) is 12.6 Å². The summed E-state index contributed by atoms with van der Waals surface area (Å²) in [5.41, 5.74) is 0.0442. The summed E-state index contributed by atoms with van der Waals surface area (Å²) in [5.74, 6) is -1.18. The second-order valence-corrected chi connectivity index (χ2v) is 6.95. The van der Waals surface area contributed by atoms with E-state index in [9.17, 15) is 18.7 Å². The van der Waals surface area contributed by atoms with E-state index in [0.717, 1.165) is 31.7 Å². The molecule has 1 aliphatic carbocycles. The molecule has 0 radical (unpaired) electrons. The quantitative estimate of drug-likeness (QED) is 0.920. The zero-order valence-electron chi connectivity index (χ0n) is 13.4. The van der Waals surface area contributed by atoms with E-state index in [1.54, 1.807) is 4.90 Å². The summed E-state index contributed by atoms with van der Waals surface area (Å²) in [6.07, 6.45) is 3.78. The fourth-order valence-corrected chi connectivity index (χ4v) is 4.24. The van der Waals surface area contributed by atoms with Gasteiger partial charge in [-0.05, 0) is 49.8 Å². The molecular weight excluding hydrogens is 300 g/mol. The SMILES string of the molecule is CCCC1(C(=O)N2CCCC2c2cc(F)cc(F)c2)CC(O)C1. The summed E-state index contributed by atoms with van der Waals surface area (Å²) in [6.45, 7) is 2.65. The first-order chi connectivity index (χ1) is 10.9. The monoisotopic (exact) mass is 323 g/mol. The van der Waals surface area contributed by atoms with Crippen LogP contribution in [0.5, 0.6) is 0 Å². The normalized spacial score (nSPS) is 30.3. The molecule has 3 nitrogen and oxygen atoms in total. The molecule has 23 heavy (non-hydrogen) atoms. The molecule has 1 heterocycles. The number of carbonyl (C=O) groups is 1. The van der Waals surface area contributed by atoms with Crippen LogP contribution in [0.2, 0.25) is 0 Å². The number of rotatable bonds is 4. The number of likely N-dealkylation sites (tertiary alicyclic amines) is 1. The third-order valence-corrected chi connectivity index (χ3v) is 5.22. The van der Waals surface area contributed by atoms with Crippen molar-refractivity contribution in [2.45, 2.75) is 57.6 Å². The number of aliphatic hydroxyl groups excluding tert-OH is 1. The first-order valence-corrected chi connectivity index (χ1v) is 8.40. The van der Waals surface area contributed by atoms with Gasteiger partial charge in [-0.3, -0.25) is 4.79 Å². The average molecular weight is 323 g/mol. The van der Waals surface area contributed by atoms with Crippen molar-refractivity contribution in [3.05, 3.63) is 35.4 Å². The number of aliphatic hydroxyl groups is 1. The van der Waals surface area contributed by atoms with Crippen LogP contribution in [0.3, 0.4) is 0 Å². The van der Waals surface area contributed by atoms with Gasteiger partial charge in [-0.25, -0.2) is 8.78 Å². The van der Waals surface area contributed by atoms with Crippen molar-refractivity contribution < 1.29 is 18.7 Å². The van der Waals surface area contributed by atoms with E-state index in [2.05, 4.69) is 0 Å². The third-order valence-electron chi connectivity index (χ3n) is 5.22. The summed E-state index contributed by atoms with van der Waals surface area (Å²) in [7, 11) is 0. The summed E-state index contributed by atoms with van der Waals surface area (Å²) >= 11 is 0. The Bertz CT molecular complexity index is 573. The van der Waals surface area contributed by atoms with Crippen LogP contribution in [-0.4, -0.2) is 28.6 Å². The molecule has 2 fully saturated rings. The van der Waals surface area contributed by atoms with Gasteiger partial charge in [0.15, 0.2) is 0 Å². The summed E-state index contributed by atoms with van der Waals surface area (Å²) < 4.78 is 27.0. The minimum atomic E-state index is -0.610. The van der Waals surface area contributed by atoms with Gasteiger partial charge in [0.1, 0.15) is 11.6 Å². The van der Waals surface area contributed by atoms with E-state index < -0.39 is 23.2 Å². The van der Waals surface area contributed by atoms with Crippen molar-refractivity contribution >= 4 is 5.91 Å². The lowest BCUT2D eigenvalue weighted by atomic mass is 9.63. The molecule has 1 aromatic carbocycles. The van der Waals surface area contributed by atoms with Gasteiger partial charge in [0.05, 0.1) is 17.6 Å². The first-order valence-electron chi connectivity index (χ1n) is 8.40. The lowest BCUT2D eigenvalue weighted by Crippen LogP contribution is -2.53. The van der Waals surface area contributed by atoms with Crippen LogP contribution in [0.25, 0.3) is 0 Å². The van der Waals surface area contributed by atoms with Crippen LogP contribution in [0, 0.1) is 17.0 Å². The van der Waals surface area contributed by atoms with E-state index >= 15 is 0 Å². The second kappa shape index (κ2) is 6.19. The fourth-order valence-electron chi connectivity index (χ4n) is 4.24. The maximum absolute atomic E-state index is 13.5. The lowest BCUT2D eigenvalue weighted by Gasteiger charge is -2.47. The van der Waals surface area contributed by atoms with Crippen LogP contribution < -0.4 is 0 Å². The second-order valence-electron chi connectivity index (χ2n) is 6.95. The lowest BCUT2D eigenvalue weighted by molar-refractivity contribution is -0.158. The molecule has 1 atom stereocenters. The van der Waals surface area contributed by atoms with Gasteiger partial charge in [-0.1, -0.05) is 13.3 Å². The zero-order chi connectivity index (χ0) is 16.6.